The predicted octanol–water partition coefficient (Wildman–Crippen LogP) is 3.22. The van der Waals surface area contributed by atoms with Gasteiger partial charge in [-0.05, 0) is 63.1 Å². The second kappa shape index (κ2) is 9.93. The highest BCUT2D eigenvalue weighted by atomic mass is 16.5. The molecule has 0 radical (unpaired) electrons. The van der Waals surface area contributed by atoms with Crippen LogP contribution in [0, 0.1) is 19.8 Å². The van der Waals surface area contributed by atoms with Gasteiger partial charge in [-0.25, -0.2) is 9.59 Å². The number of aryl methyl sites for hydroxylation is 2. The molecule has 1 spiro atoms. The molecule has 2 aliphatic rings. The Morgan fingerprint density at radius 2 is 1.69 bits per heavy atom. The monoisotopic (exact) mass is 491 g/mol. The first-order valence-electron chi connectivity index (χ1n) is 12.0. The maximum absolute atomic E-state index is 13.2. The second-order valence-corrected chi connectivity index (χ2v) is 9.64. The van der Waals surface area contributed by atoms with Crippen LogP contribution >= 0.6 is 0 Å². The van der Waals surface area contributed by atoms with Crippen LogP contribution in [-0.2, 0) is 14.3 Å². The molecular formula is C27H29N3O6. The van der Waals surface area contributed by atoms with Crippen molar-refractivity contribution in [2.45, 2.75) is 52.0 Å². The highest BCUT2D eigenvalue weighted by Gasteiger charge is 2.52. The van der Waals surface area contributed by atoms with Crippen LogP contribution in [0.4, 0.5) is 4.79 Å². The van der Waals surface area contributed by atoms with Crippen LogP contribution in [0.2, 0.25) is 0 Å². The van der Waals surface area contributed by atoms with E-state index < -0.39 is 36.0 Å². The number of hydrogen-bond donors (Lipinski definition) is 2. The fourth-order valence-electron chi connectivity index (χ4n) is 4.67. The Bertz CT molecular complexity index is 1250. The summed E-state index contributed by atoms with van der Waals surface area (Å²) in [7, 11) is 0. The van der Waals surface area contributed by atoms with Crippen molar-refractivity contribution in [1.82, 2.24) is 15.8 Å². The Balaban J connectivity index is 1.41. The number of nitrogens with zero attached hydrogens (tertiary/aromatic N) is 1. The standard InChI is InChI=1S/C27H29N3O6/c1-16-10-12-27(13-11-16)25(34)30(26(35)28-27)29-22(31)15-36-24(33)20-7-5-4-6-19(20)23(32)21-14-17(2)8-9-18(21)3/h4-9,14,16H,10-13,15H2,1-3H3,(H,28,35)(H,29,31). The molecule has 0 aromatic heterocycles. The van der Waals surface area contributed by atoms with Crippen LogP contribution in [0.1, 0.15) is 70.0 Å². The number of carbonyl (C=O) groups is 5. The predicted molar refractivity (Wildman–Crippen MR) is 130 cm³/mol. The Morgan fingerprint density at radius 1 is 1.03 bits per heavy atom. The largest absolute Gasteiger partial charge is 0.452 e. The minimum absolute atomic E-state index is 0.0153. The molecule has 188 valence electrons. The maximum Gasteiger partial charge on any atom is 0.344 e. The van der Waals surface area contributed by atoms with Gasteiger partial charge in [0.15, 0.2) is 12.4 Å². The van der Waals surface area contributed by atoms with Gasteiger partial charge >= 0.3 is 12.0 Å². The minimum Gasteiger partial charge on any atom is -0.452 e. The zero-order chi connectivity index (χ0) is 26.0. The quantitative estimate of drug-likeness (QED) is 0.364. The van der Waals surface area contributed by atoms with Crippen molar-refractivity contribution < 1.29 is 28.7 Å². The lowest BCUT2D eigenvalue weighted by Crippen LogP contribution is -2.52. The SMILES string of the molecule is Cc1ccc(C)c(C(=O)c2ccccc2C(=O)OCC(=O)NN2C(=O)NC3(CCC(C)CC3)C2=O)c1. The van der Waals surface area contributed by atoms with Crippen LogP contribution in [0.25, 0.3) is 0 Å². The molecule has 2 N–H and O–H groups in total. The number of imide groups is 1. The van der Waals surface area contributed by atoms with E-state index in [0.717, 1.165) is 24.0 Å². The van der Waals surface area contributed by atoms with E-state index >= 15 is 0 Å². The van der Waals surface area contributed by atoms with Gasteiger partial charge in [0.05, 0.1) is 5.56 Å². The fourth-order valence-corrected chi connectivity index (χ4v) is 4.67. The van der Waals surface area contributed by atoms with Gasteiger partial charge in [-0.3, -0.25) is 19.8 Å². The van der Waals surface area contributed by atoms with Crippen molar-refractivity contribution >= 4 is 29.6 Å². The molecule has 0 bridgehead atoms. The van der Waals surface area contributed by atoms with E-state index in [-0.39, 0.29) is 16.9 Å². The first kappa shape index (κ1) is 25.1. The van der Waals surface area contributed by atoms with Gasteiger partial charge in [-0.15, -0.1) is 0 Å². The van der Waals surface area contributed by atoms with E-state index in [9.17, 15) is 24.0 Å². The smallest absolute Gasteiger partial charge is 0.344 e. The molecule has 4 rings (SSSR count). The number of ether oxygens (including phenoxy) is 1. The van der Waals surface area contributed by atoms with Gasteiger partial charge < -0.3 is 10.1 Å². The molecule has 4 amide bonds. The summed E-state index contributed by atoms with van der Waals surface area (Å²) in [5, 5.41) is 3.36. The molecule has 9 nitrogen and oxygen atoms in total. The van der Waals surface area contributed by atoms with Crippen molar-refractivity contribution in [3.05, 3.63) is 70.3 Å². The number of ketones is 1. The lowest BCUT2D eigenvalue weighted by Gasteiger charge is -2.33. The first-order chi connectivity index (χ1) is 17.1. The Labute approximate surface area is 209 Å². The van der Waals surface area contributed by atoms with Crippen LogP contribution in [0.3, 0.4) is 0 Å². The number of hydrazine groups is 1. The molecule has 0 atom stereocenters. The van der Waals surface area contributed by atoms with Gasteiger partial charge in [0, 0.05) is 11.1 Å². The minimum atomic E-state index is -0.999. The number of rotatable bonds is 6. The van der Waals surface area contributed by atoms with E-state index in [1.807, 2.05) is 26.0 Å². The van der Waals surface area contributed by atoms with Crippen LogP contribution < -0.4 is 10.7 Å². The summed E-state index contributed by atoms with van der Waals surface area (Å²) in [5.41, 5.74) is 3.55. The van der Waals surface area contributed by atoms with E-state index in [4.69, 9.17) is 4.74 Å². The van der Waals surface area contributed by atoms with Crippen LogP contribution in [-0.4, -0.2) is 46.8 Å². The Morgan fingerprint density at radius 3 is 2.39 bits per heavy atom. The first-order valence-corrected chi connectivity index (χ1v) is 12.0. The summed E-state index contributed by atoms with van der Waals surface area (Å²) < 4.78 is 5.13. The molecule has 1 heterocycles. The van der Waals surface area contributed by atoms with Gasteiger partial charge in [0.2, 0.25) is 0 Å². The average Bonchev–Trinajstić information content (AvgIpc) is 3.09. The lowest BCUT2D eigenvalue weighted by atomic mass is 9.77. The highest BCUT2D eigenvalue weighted by molar-refractivity contribution is 6.15. The number of carbonyl (C=O) groups excluding carboxylic acids is 5. The van der Waals surface area contributed by atoms with E-state index in [1.54, 1.807) is 18.2 Å². The van der Waals surface area contributed by atoms with E-state index in [0.29, 0.717) is 29.3 Å². The molecule has 1 aliphatic heterocycles. The van der Waals surface area contributed by atoms with Gasteiger partial charge in [-0.1, -0.05) is 42.8 Å². The van der Waals surface area contributed by atoms with E-state index in [1.165, 1.54) is 12.1 Å². The summed E-state index contributed by atoms with van der Waals surface area (Å²) in [6.45, 7) is 5.05. The lowest BCUT2D eigenvalue weighted by molar-refractivity contribution is -0.141. The van der Waals surface area contributed by atoms with Gasteiger partial charge in [0.25, 0.3) is 11.8 Å². The van der Waals surface area contributed by atoms with Crippen LogP contribution in [0.15, 0.2) is 42.5 Å². The summed E-state index contributed by atoms with van der Waals surface area (Å²) in [6, 6.07) is 11.0. The molecule has 2 fully saturated rings. The topological polar surface area (TPSA) is 122 Å². The van der Waals surface area contributed by atoms with Crippen molar-refractivity contribution in [3.8, 4) is 0 Å². The molecule has 9 heteroatoms. The van der Waals surface area contributed by atoms with Crippen LogP contribution in [0.5, 0.6) is 0 Å². The molecule has 1 aliphatic carbocycles. The number of amides is 4. The third kappa shape index (κ3) is 4.86. The van der Waals surface area contributed by atoms with Gasteiger partial charge in [-0.2, -0.15) is 5.01 Å². The van der Waals surface area contributed by atoms with Crippen molar-refractivity contribution in [3.63, 3.8) is 0 Å². The third-order valence-electron chi connectivity index (χ3n) is 6.89. The molecular weight excluding hydrogens is 462 g/mol. The normalized spacial score (nSPS) is 21.3. The molecule has 36 heavy (non-hydrogen) atoms. The van der Waals surface area contributed by atoms with Crippen molar-refractivity contribution in [2.24, 2.45) is 5.92 Å². The van der Waals surface area contributed by atoms with Crippen molar-refractivity contribution in [1.29, 1.82) is 0 Å². The summed E-state index contributed by atoms with van der Waals surface area (Å²) in [4.78, 5) is 63.7. The molecule has 1 saturated carbocycles. The number of benzene rings is 2. The maximum atomic E-state index is 13.2. The Kier molecular flexibility index (Phi) is 6.92. The Hall–Kier alpha value is -4.01. The average molecular weight is 492 g/mol. The summed E-state index contributed by atoms with van der Waals surface area (Å²) in [6.07, 6.45) is 2.61. The number of hydrogen-bond acceptors (Lipinski definition) is 6. The molecule has 1 saturated heterocycles. The summed E-state index contributed by atoms with van der Waals surface area (Å²) in [5.74, 6) is -2.09. The van der Waals surface area contributed by atoms with Crippen molar-refractivity contribution in [2.75, 3.05) is 6.61 Å². The zero-order valence-electron chi connectivity index (χ0n) is 20.6. The number of nitrogens with one attached hydrogen (secondary N) is 2. The molecule has 2 aromatic carbocycles. The molecule has 0 unspecified atom stereocenters. The molecule has 2 aromatic rings. The third-order valence-corrected chi connectivity index (χ3v) is 6.89. The van der Waals surface area contributed by atoms with E-state index in [2.05, 4.69) is 17.7 Å². The second-order valence-electron chi connectivity index (χ2n) is 9.64. The summed E-state index contributed by atoms with van der Waals surface area (Å²) >= 11 is 0. The van der Waals surface area contributed by atoms with Gasteiger partial charge in [0.1, 0.15) is 5.54 Å². The number of urea groups is 1. The number of esters is 1. The zero-order valence-corrected chi connectivity index (χ0v) is 20.6. The fraction of sp³-hybridized carbons (Fsp3) is 0.370. The highest BCUT2D eigenvalue weighted by Crippen LogP contribution is 2.35.